The molecule has 0 N–H and O–H groups in total. The lowest BCUT2D eigenvalue weighted by molar-refractivity contribution is 0.0391. The van der Waals surface area contributed by atoms with E-state index in [1.807, 2.05) is 35.2 Å². The number of hydrogen-bond donors (Lipinski definition) is 0. The molecule has 1 fully saturated rings. The van der Waals surface area contributed by atoms with E-state index in [1.54, 1.807) is 34.9 Å². The number of ether oxygens (including phenoxy) is 1. The molecule has 0 atom stereocenters. The molecule has 170 valence electrons. The Labute approximate surface area is 202 Å². The minimum Gasteiger partial charge on any atom is -0.379 e. The highest BCUT2D eigenvalue weighted by Crippen LogP contribution is 2.32. The summed E-state index contributed by atoms with van der Waals surface area (Å²) in [5, 5.41) is 1.27. The van der Waals surface area contributed by atoms with Crippen molar-refractivity contribution in [2.45, 2.75) is 28.9 Å². The minimum atomic E-state index is 0.00324. The van der Waals surface area contributed by atoms with E-state index in [-0.39, 0.29) is 5.91 Å². The normalized spacial score (nSPS) is 14.9. The van der Waals surface area contributed by atoms with Crippen molar-refractivity contribution in [2.24, 2.45) is 0 Å². The molecule has 2 aromatic carbocycles. The first kappa shape index (κ1) is 23.6. The SMILES string of the molecule is CSc1ccc2nc(N(CCN3CCOCC3)C(=O)c3ccc(SC(C)C)cc3)sc2c1. The molecule has 0 spiro atoms. The predicted molar refractivity (Wildman–Crippen MR) is 138 cm³/mol. The number of aromatic nitrogens is 1. The van der Waals surface area contributed by atoms with E-state index < -0.39 is 0 Å². The smallest absolute Gasteiger partial charge is 0.260 e. The van der Waals surface area contributed by atoms with Crippen LogP contribution in [0, 0.1) is 0 Å². The number of carbonyl (C=O) groups is 1. The van der Waals surface area contributed by atoms with Crippen LogP contribution in [-0.2, 0) is 4.74 Å². The van der Waals surface area contributed by atoms with Crippen molar-refractivity contribution in [2.75, 3.05) is 50.5 Å². The second kappa shape index (κ2) is 11.0. The summed E-state index contributed by atoms with van der Waals surface area (Å²) in [4.78, 5) is 25.0. The Balaban J connectivity index is 1.59. The topological polar surface area (TPSA) is 45.7 Å². The third kappa shape index (κ3) is 5.85. The van der Waals surface area contributed by atoms with Gasteiger partial charge in [0.25, 0.3) is 5.91 Å². The van der Waals surface area contributed by atoms with Gasteiger partial charge in [0.1, 0.15) is 0 Å². The molecule has 32 heavy (non-hydrogen) atoms. The molecule has 1 saturated heterocycles. The molecule has 1 aliphatic rings. The van der Waals surface area contributed by atoms with Crippen LogP contribution in [0.4, 0.5) is 5.13 Å². The molecule has 0 radical (unpaired) electrons. The van der Waals surface area contributed by atoms with Crippen molar-refractivity contribution < 1.29 is 9.53 Å². The zero-order chi connectivity index (χ0) is 22.5. The maximum absolute atomic E-state index is 13.6. The molecule has 4 rings (SSSR count). The van der Waals surface area contributed by atoms with Crippen LogP contribution < -0.4 is 4.90 Å². The van der Waals surface area contributed by atoms with Crippen LogP contribution in [-0.4, -0.2) is 66.7 Å². The Morgan fingerprint density at radius 2 is 1.88 bits per heavy atom. The highest BCUT2D eigenvalue weighted by molar-refractivity contribution is 8.00. The van der Waals surface area contributed by atoms with E-state index >= 15 is 0 Å². The standard InChI is InChI=1S/C24H29N3O2S3/c1-17(2)31-19-6-4-18(5-7-19)23(28)27(11-10-26-12-14-29-15-13-26)24-25-21-9-8-20(30-3)16-22(21)32-24/h4-9,16-17H,10-15H2,1-3H3. The fourth-order valence-electron chi connectivity index (χ4n) is 3.59. The van der Waals surface area contributed by atoms with Gasteiger partial charge in [-0.25, -0.2) is 4.98 Å². The number of rotatable bonds is 8. The van der Waals surface area contributed by atoms with Gasteiger partial charge in [0.05, 0.1) is 23.4 Å². The molecular weight excluding hydrogens is 458 g/mol. The number of anilines is 1. The number of benzene rings is 2. The quantitative estimate of drug-likeness (QED) is 0.391. The molecule has 1 aliphatic heterocycles. The molecule has 5 nitrogen and oxygen atoms in total. The number of thiazole rings is 1. The molecule has 0 unspecified atom stereocenters. The number of hydrogen-bond acceptors (Lipinski definition) is 7. The lowest BCUT2D eigenvalue weighted by atomic mass is 10.2. The van der Waals surface area contributed by atoms with Crippen LogP contribution >= 0.6 is 34.9 Å². The summed E-state index contributed by atoms with van der Waals surface area (Å²) in [5.41, 5.74) is 1.64. The summed E-state index contributed by atoms with van der Waals surface area (Å²) < 4.78 is 6.58. The number of nitrogens with zero attached hydrogens (tertiary/aromatic N) is 3. The van der Waals surface area contributed by atoms with Crippen molar-refractivity contribution in [3.8, 4) is 0 Å². The van der Waals surface area contributed by atoms with Gasteiger partial charge in [-0.05, 0) is 48.7 Å². The highest BCUT2D eigenvalue weighted by atomic mass is 32.2. The van der Waals surface area contributed by atoms with Crippen LogP contribution in [0.5, 0.6) is 0 Å². The van der Waals surface area contributed by atoms with Crippen molar-refractivity contribution in [1.82, 2.24) is 9.88 Å². The van der Waals surface area contributed by atoms with Gasteiger partial charge in [-0.1, -0.05) is 25.2 Å². The van der Waals surface area contributed by atoms with Crippen molar-refractivity contribution in [3.05, 3.63) is 48.0 Å². The Kier molecular flexibility index (Phi) is 8.12. The second-order valence-corrected chi connectivity index (χ2v) is 11.5. The third-order valence-corrected chi connectivity index (χ3v) is 8.06. The average Bonchev–Trinajstić information content (AvgIpc) is 3.22. The van der Waals surface area contributed by atoms with E-state index in [2.05, 4.69) is 37.1 Å². The van der Waals surface area contributed by atoms with Crippen LogP contribution in [0.25, 0.3) is 10.2 Å². The highest BCUT2D eigenvalue weighted by Gasteiger charge is 2.23. The van der Waals surface area contributed by atoms with Crippen LogP contribution in [0.2, 0.25) is 0 Å². The van der Waals surface area contributed by atoms with Gasteiger partial charge in [-0.15, -0.1) is 23.5 Å². The first-order valence-corrected chi connectivity index (χ1v) is 13.8. The largest absolute Gasteiger partial charge is 0.379 e. The molecule has 1 amide bonds. The Hall–Kier alpha value is -1.58. The third-order valence-electron chi connectivity index (χ3n) is 5.28. The zero-order valence-electron chi connectivity index (χ0n) is 18.7. The molecule has 1 aromatic heterocycles. The van der Waals surface area contributed by atoms with Gasteiger partial charge < -0.3 is 4.74 Å². The summed E-state index contributed by atoms with van der Waals surface area (Å²) >= 11 is 5.11. The second-order valence-electron chi connectivity index (χ2n) is 7.93. The maximum atomic E-state index is 13.6. The first-order chi connectivity index (χ1) is 15.5. The molecule has 8 heteroatoms. The Morgan fingerprint density at radius 3 is 2.56 bits per heavy atom. The molecule has 0 aliphatic carbocycles. The molecular formula is C24H29N3O2S3. The van der Waals surface area contributed by atoms with E-state index in [0.29, 0.717) is 17.4 Å². The molecule has 2 heterocycles. The van der Waals surface area contributed by atoms with Gasteiger partial charge >= 0.3 is 0 Å². The molecule has 3 aromatic rings. The average molecular weight is 488 g/mol. The lowest BCUT2D eigenvalue weighted by Gasteiger charge is -2.29. The number of morpholine rings is 1. The number of thioether (sulfide) groups is 2. The van der Waals surface area contributed by atoms with Crippen LogP contribution in [0.1, 0.15) is 24.2 Å². The molecule has 0 saturated carbocycles. The van der Waals surface area contributed by atoms with Crippen molar-refractivity contribution in [1.29, 1.82) is 0 Å². The summed E-state index contributed by atoms with van der Waals surface area (Å²) in [6.07, 6.45) is 2.07. The zero-order valence-corrected chi connectivity index (χ0v) is 21.2. The fraction of sp³-hybridized carbons (Fsp3) is 0.417. The Bertz CT molecular complexity index is 1050. The van der Waals surface area contributed by atoms with E-state index in [1.165, 1.54) is 9.79 Å². The Morgan fingerprint density at radius 1 is 1.16 bits per heavy atom. The van der Waals surface area contributed by atoms with Crippen molar-refractivity contribution in [3.63, 3.8) is 0 Å². The summed E-state index contributed by atoms with van der Waals surface area (Å²) in [6.45, 7) is 9.07. The van der Waals surface area contributed by atoms with Crippen LogP contribution in [0.15, 0.2) is 52.3 Å². The van der Waals surface area contributed by atoms with Crippen molar-refractivity contribution >= 4 is 56.1 Å². The van der Waals surface area contributed by atoms with Gasteiger partial charge in [-0.3, -0.25) is 14.6 Å². The van der Waals surface area contributed by atoms with Gasteiger partial charge in [-0.2, -0.15) is 0 Å². The van der Waals surface area contributed by atoms with Gasteiger partial charge in [0, 0.05) is 46.8 Å². The van der Waals surface area contributed by atoms with Gasteiger partial charge in [0.15, 0.2) is 5.13 Å². The van der Waals surface area contributed by atoms with Gasteiger partial charge in [0.2, 0.25) is 0 Å². The summed E-state index contributed by atoms with van der Waals surface area (Å²) in [5.74, 6) is 0.00324. The summed E-state index contributed by atoms with van der Waals surface area (Å²) in [6, 6.07) is 14.2. The van der Waals surface area contributed by atoms with E-state index in [9.17, 15) is 4.79 Å². The van der Waals surface area contributed by atoms with Crippen LogP contribution in [0.3, 0.4) is 0 Å². The predicted octanol–water partition coefficient (Wildman–Crippen LogP) is 5.50. The number of amides is 1. The molecule has 0 bridgehead atoms. The lowest BCUT2D eigenvalue weighted by Crippen LogP contribution is -2.43. The monoisotopic (exact) mass is 487 g/mol. The summed E-state index contributed by atoms with van der Waals surface area (Å²) in [7, 11) is 0. The first-order valence-electron chi connectivity index (χ1n) is 10.9. The maximum Gasteiger partial charge on any atom is 0.260 e. The van der Waals surface area contributed by atoms with E-state index in [4.69, 9.17) is 9.72 Å². The minimum absolute atomic E-state index is 0.00324. The number of carbonyl (C=O) groups excluding carboxylic acids is 1. The van der Waals surface area contributed by atoms with E-state index in [0.717, 1.165) is 48.2 Å². The number of fused-ring (bicyclic) bond motifs is 1. The fourth-order valence-corrected chi connectivity index (χ4v) is 5.97.